The van der Waals surface area contributed by atoms with Gasteiger partial charge in [-0.15, -0.1) is 0 Å². The molecular weight excluding hydrogens is 260 g/mol. The summed E-state index contributed by atoms with van der Waals surface area (Å²) >= 11 is 0. The molecule has 108 valence electrons. The third-order valence-electron chi connectivity index (χ3n) is 3.11. The molecule has 0 spiro atoms. The Morgan fingerprint density at radius 2 is 1.74 bits per heavy atom. The molecule has 0 saturated heterocycles. The minimum atomic E-state index is -3.35. The van der Waals surface area contributed by atoms with Crippen LogP contribution < -0.4 is 10.0 Å². The van der Waals surface area contributed by atoms with Crippen LogP contribution in [0, 0.1) is 13.8 Å². The molecule has 2 N–H and O–H groups in total. The Labute approximate surface area is 116 Å². The molecule has 1 atom stereocenters. The van der Waals surface area contributed by atoms with E-state index in [1.165, 1.54) is 0 Å². The Kier molecular flexibility index (Phi) is 5.38. The molecule has 0 aliphatic rings. The van der Waals surface area contributed by atoms with Crippen molar-refractivity contribution in [2.75, 3.05) is 11.3 Å². The average molecular weight is 284 g/mol. The van der Waals surface area contributed by atoms with Crippen LogP contribution in [0.25, 0.3) is 0 Å². The lowest BCUT2D eigenvalue weighted by molar-refractivity contribution is 0.553. The second-order valence-corrected chi connectivity index (χ2v) is 7.42. The Balaban J connectivity index is 2.75. The molecule has 1 rings (SSSR count). The summed E-state index contributed by atoms with van der Waals surface area (Å²) in [5.41, 5.74) is 2.85. The summed E-state index contributed by atoms with van der Waals surface area (Å²) in [6, 6.07) is 5.85. The van der Waals surface area contributed by atoms with Crippen molar-refractivity contribution in [1.82, 2.24) is 5.32 Å². The smallest absolute Gasteiger partial charge is 0.236 e. The van der Waals surface area contributed by atoms with Crippen LogP contribution in [0.5, 0.6) is 0 Å². The first-order valence-corrected chi connectivity index (χ1v) is 8.09. The molecule has 0 heterocycles. The molecule has 1 aromatic carbocycles. The maximum absolute atomic E-state index is 12.2. The Morgan fingerprint density at radius 1 is 1.11 bits per heavy atom. The standard InChI is InChI=1S/C14H24N2O2S/c1-10(2)15-9-13(5)19(17,18)16-14-7-6-11(3)12(4)8-14/h6-8,10,13,15-16H,9H2,1-5H3. The molecule has 0 amide bonds. The van der Waals surface area contributed by atoms with Crippen molar-refractivity contribution in [3.05, 3.63) is 29.3 Å². The van der Waals surface area contributed by atoms with Crippen LogP contribution in [0.4, 0.5) is 5.69 Å². The third kappa shape index (κ3) is 4.84. The number of aryl methyl sites for hydroxylation is 2. The van der Waals surface area contributed by atoms with Gasteiger partial charge in [-0.3, -0.25) is 4.72 Å². The van der Waals surface area contributed by atoms with Gasteiger partial charge >= 0.3 is 0 Å². The van der Waals surface area contributed by atoms with Crippen molar-refractivity contribution >= 4 is 15.7 Å². The third-order valence-corrected chi connectivity index (χ3v) is 4.86. The Morgan fingerprint density at radius 3 is 2.26 bits per heavy atom. The maximum Gasteiger partial charge on any atom is 0.236 e. The fourth-order valence-corrected chi connectivity index (χ4v) is 2.55. The van der Waals surface area contributed by atoms with E-state index in [4.69, 9.17) is 0 Å². The van der Waals surface area contributed by atoms with Crippen LogP contribution in [-0.2, 0) is 10.0 Å². The first-order chi connectivity index (χ1) is 8.72. The summed E-state index contributed by atoms with van der Waals surface area (Å²) in [6.45, 7) is 10.1. The summed E-state index contributed by atoms with van der Waals surface area (Å²) in [7, 11) is -3.35. The van der Waals surface area contributed by atoms with Crippen molar-refractivity contribution in [2.45, 2.75) is 45.9 Å². The summed E-state index contributed by atoms with van der Waals surface area (Å²) in [6.07, 6.45) is 0. The highest BCUT2D eigenvalue weighted by Gasteiger charge is 2.20. The zero-order valence-electron chi connectivity index (χ0n) is 12.3. The van der Waals surface area contributed by atoms with Gasteiger partial charge in [0.2, 0.25) is 10.0 Å². The van der Waals surface area contributed by atoms with Crippen LogP contribution in [0.2, 0.25) is 0 Å². The molecule has 0 bridgehead atoms. The maximum atomic E-state index is 12.2. The van der Waals surface area contributed by atoms with Gasteiger partial charge in [0.1, 0.15) is 0 Å². The number of rotatable bonds is 6. The van der Waals surface area contributed by atoms with E-state index in [1.54, 1.807) is 13.0 Å². The van der Waals surface area contributed by atoms with Crippen molar-refractivity contribution in [3.8, 4) is 0 Å². The van der Waals surface area contributed by atoms with Crippen LogP contribution in [0.1, 0.15) is 31.9 Å². The minimum absolute atomic E-state index is 0.277. The van der Waals surface area contributed by atoms with Gasteiger partial charge in [-0.25, -0.2) is 8.42 Å². The van der Waals surface area contributed by atoms with Gasteiger partial charge in [-0.1, -0.05) is 19.9 Å². The summed E-state index contributed by atoms with van der Waals surface area (Å²) < 4.78 is 27.0. The van der Waals surface area contributed by atoms with Gasteiger partial charge in [0.25, 0.3) is 0 Å². The predicted octanol–water partition coefficient (Wildman–Crippen LogP) is 2.43. The van der Waals surface area contributed by atoms with Crippen molar-refractivity contribution in [2.24, 2.45) is 0 Å². The van der Waals surface area contributed by atoms with E-state index >= 15 is 0 Å². The van der Waals surface area contributed by atoms with E-state index in [0.29, 0.717) is 12.2 Å². The number of anilines is 1. The molecule has 0 aliphatic carbocycles. The SMILES string of the molecule is Cc1ccc(NS(=O)(=O)C(C)CNC(C)C)cc1C. The van der Waals surface area contributed by atoms with Gasteiger partial charge in [0.15, 0.2) is 0 Å². The Hall–Kier alpha value is -1.07. The summed E-state index contributed by atoms with van der Waals surface area (Å²) in [5.74, 6) is 0. The van der Waals surface area contributed by atoms with E-state index in [0.717, 1.165) is 11.1 Å². The summed E-state index contributed by atoms with van der Waals surface area (Å²) in [5, 5.41) is 2.66. The number of nitrogens with one attached hydrogen (secondary N) is 2. The van der Waals surface area contributed by atoms with Crippen LogP contribution >= 0.6 is 0 Å². The van der Waals surface area contributed by atoms with Gasteiger partial charge in [-0.2, -0.15) is 0 Å². The van der Waals surface area contributed by atoms with Crippen molar-refractivity contribution in [3.63, 3.8) is 0 Å². The van der Waals surface area contributed by atoms with Gasteiger partial charge < -0.3 is 5.32 Å². The highest BCUT2D eigenvalue weighted by atomic mass is 32.2. The van der Waals surface area contributed by atoms with Crippen molar-refractivity contribution < 1.29 is 8.42 Å². The fraction of sp³-hybridized carbons (Fsp3) is 0.571. The molecule has 1 unspecified atom stereocenters. The number of sulfonamides is 1. The zero-order valence-corrected chi connectivity index (χ0v) is 13.1. The quantitative estimate of drug-likeness (QED) is 0.843. The number of hydrogen-bond acceptors (Lipinski definition) is 3. The minimum Gasteiger partial charge on any atom is -0.313 e. The first kappa shape index (κ1) is 16.0. The van der Waals surface area contributed by atoms with E-state index in [2.05, 4.69) is 10.0 Å². The average Bonchev–Trinajstić information content (AvgIpc) is 2.30. The van der Waals surface area contributed by atoms with E-state index < -0.39 is 15.3 Å². The molecule has 0 saturated carbocycles. The second kappa shape index (κ2) is 6.39. The lowest BCUT2D eigenvalue weighted by Crippen LogP contribution is -2.37. The van der Waals surface area contributed by atoms with Gasteiger partial charge in [-0.05, 0) is 44.0 Å². The number of benzene rings is 1. The molecule has 1 aromatic rings. The molecule has 0 fully saturated rings. The first-order valence-electron chi connectivity index (χ1n) is 6.54. The fourth-order valence-electron chi connectivity index (χ4n) is 1.58. The largest absolute Gasteiger partial charge is 0.313 e. The molecule has 0 aliphatic heterocycles. The molecule has 0 radical (unpaired) electrons. The van der Waals surface area contributed by atoms with Crippen molar-refractivity contribution in [1.29, 1.82) is 0 Å². The highest BCUT2D eigenvalue weighted by Crippen LogP contribution is 2.16. The topological polar surface area (TPSA) is 58.2 Å². The van der Waals surface area contributed by atoms with Gasteiger partial charge in [0.05, 0.1) is 5.25 Å². The van der Waals surface area contributed by atoms with E-state index in [-0.39, 0.29) is 6.04 Å². The van der Waals surface area contributed by atoms with E-state index in [9.17, 15) is 8.42 Å². The molecule has 0 aromatic heterocycles. The Bertz CT molecular complexity index is 524. The number of hydrogen-bond donors (Lipinski definition) is 2. The highest BCUT2D eigenvalue weighted by molar-refractivity contribution is 7.93. The normalized spacial score (nSPS) is 13.6. The monoisotopic (exact) mass is 284 g/mol. The molecular formula is C14H24N2O2S. The lowest BCUT2D eigenvalue weighted by atomic mass is 10.1. The van der Waals surface area contributed by atoms with E-state index in [1.807, 2.05) is 39.8 Å². The molecule has 4 nitrogen and oxygen atoms in total. The molecule has 5 heteroatoms. The predicted molar refractivity (Wildman–Crippen MR) is 81.1 cm³/mol. The zero-order chi connectivity index (χ0) is 14.6. The van der Waals surface area contributed by atoms with Gasteiger partial charge in [0, 0.05) is 18.3 Å². The molecule has 19 heavy (non-hydrogen) atoms. The van der Waals surface area contributed by atoms with Crippen LogP contribution in [-0.4, -0.2) is 26.3 Å². The van der Waals surface area contributed by atoms with Crippen LogP contribution in [0.15, 0.2) is 18.2 Å². The lowest BCUT2D eigenvalue weighted by Gasteiger charge is -2.17. The van der Waals surface area contributed by atoms with Crippen LogP contribution in [0.3, 0.4) is 0 Å². The second-order valence-electron chi connectivity index (χ2n) is 5.32. The summed E-state index contributed by atoms with van der Waals surface area (Å²) in [4.78, 5) is 0.